The van der Waals surface area contributed by atoms with Gasteiger partial charge >= 0.3 is 0 Å². The van der Waals surface area contributed by atoms with E-state index in [1.54, 1.807) is 24.3 Å². The summed E-state index contributed by atoms with van der Waals surface area (Å²) in [6.07, 6.45) is 1.75. The molecule has 0 saturated heterocycles. The Labute approximate surface area is 186 Å². The molecular weight excluding hydrogens is 430 g/mol. The van der Waals surface area contributed by atoms with Crippen molar-refractivity contribution in [2.75, 3.05) is 19.4 Å². The molecule has 0 bridgehead atoms. The maximum atomic E-state index is 13.3. The van der Waals surface area contributed by atoms with Gasteiger partial charge in [0.25, 0.3) is 5.91 Å². The number of hydrogen-bond acceptors (Lipinski definition) is 5. The van der Waals surface area contributed by atoms with Crippen LogP contribution in [0.3, 0.4) is 0 Å². The first kappa shape index (κ1) is 21.8. The first-order valence-electron chi connectivity index (χ1n) is 10.0. The van der Waals surface area contributed by atoms with E-state index in [2.05, 4.69) is 5.32 Å². The monoisotopic (exact) mass is 453 g/mol. The van der Waals surface area contributed by atoms with Gasteiger partial charge in [-0.3, -0.25) is 9.59 Å². The Morgan fingerprint density at radius 3 is 2.47 bits per heavy atom. The van der Waals surface area contributed by atoms with E-state index in [0.29, 0.717) is 12.1 Å². The van der Waals surface area contributed by atoms with Crippen LogP contribution in [0.4, 0.5) is 5.69 Å². The predicted octanol–water partition coefficient (Wildman–Crippen LogP) is 2.74. The van der Waals surface area contributed by atoms with Crippen LogP contribution < -0.4 is 5.32 Å². The third-order valence-corrected chi connectivity index (χ3v) is 7.24. The molecule has 3 aromatic rings. The lowest BCUT2D eigenvalue weighted by molar-refractivity contribution is -0.121. The molecule has 0 unspecified atom stereocenters. The van der Waals surface area contributed by atoms with Crippen LogP contribution in [0, 0.1) is 0 Å². The molecule has 166 valence electrons. The molecule has 2 amide bonds. The summed E-state index contributed by atoms with van der Waals surface area (Å²) in [4.78, 5) is 27.9. The third-order valence-electron chi connectivity index (χ3n) is 5.42. The molecule has 1 atom stereocenters. The summed E-state index contributed by atoms with van der Waals surface area (Å²) in [5.41, 5.74) is 2.29. The van der Waals surface area contributed by atoms with E-state index in [1.807, 2.05) is 24.3 Å². The Bertz CT molecular complexity index is 1250. The Morgan fingerprint density at radius 2 is 1.78 bits per heavy atom. The van der Waals surface area contributed by atoms with E-state index in [1.165, 1.54) is 37.4 Å². The average Bonchev–Trinajstić information content (AvgIpc) is 3.32. The number of nitrogens with zero attached hydrogens (tertiary/aromatic N) is 2. The Kier molecular flexibility index (Phi) is 5.86. The summed E-state index contributed by atoms with van der Waals surface area (Å²) < 4.78 is 31.2. The lowest BCUT2D eigenvalue weighted by atomic mass is 9.93. The molecule has 1 aliphatic rings. The number of sulfonamides is 1. The van der Waals surface area contributed by atoms with Gasteiger partial charge in [-0.15, -0.1) is 0 Å². The molecule has 2 heterocycles. The molecule has 1 N–H and O–H groups in total. The van der Waals surface area contributed by atoms with E-state index in [4.69, 9.17) is 4.42 Å². The van der Waals surface area contributed by atoms with Crippen molar-refractivity contribution in [3.05, 3.63) is 83.8 Å². The smallest absolute Gasteiger partial charge is 0.290 e. The van der Waals surface area contributed by atoms with Crippen LogP contribution in [0.1, 0.15) is 21.7 Å². The number of fused-ring (bicyclic) bond motifs is 1. The quantitative estimate of drug-likeness (QED) is 0.640. The number of anilines is 1. The zero-order chi connectivity index (χ0) is 22.9. The molecule has 0 fully saturated rings. The van der Waals surface area contributed by atoms with Crippen molar-refractivity contribution >= 4 is 27.5 Å². The summed E-state index contributed by atoms with van der Waals surface area (Å²) >= 11 is 0. The summed E-state index contributed by atoms with van der Waals surface area (Å²) in [5.74, 6) is -0.631. The van der Waals surface area contributed by atoms with Gasteiger partial charge in [0, 0.05) is 32.7 Å². The van der Waals surface area contributed by atoms with Crippen molar-refractivity contribution < 1.29 is 22.4 Å². The van der Waals surface area contributed by atoms with Gasteiger partial charge < -0.3 is 14.6 Å². The van der Waals surface area contributed by atoms with Gasteiger partial charge in [-0.2, -0.15) is 0 Å². The summed E-state index contributed by atoms with van der Waals surface area (Å²) in [7, 11) is -0.763. The number of hydrogen-bond donors (Lipinski definition) is 1. The second-order valence-electron chi connectivity index (χ2n) is 7.70. The van der Waals surface area contributed by atoms with E-state index >= 15 is 0 Å². The maximum Gasteiger partial charge on any atom is 0.290 e. The van der Waals surface area contributed by atoms with Gasteiger partial charge in [-0.25, -0.2) is 12.7 Å². The van der Waals surface area contributed by atoms with Crippen molar-refractivity contribution in [1.29, 1.82) is 0 Å². The number of furan rings is 1. The predicted molar refractivity (Wildman–Crippen MR) is 118 cm³/mol. The fourth-order valence-corrected chi connectivity index (χ4v) is 4.63. The van der Waals surface area contributed by atoms with Gasteiger partial charge in [-0.05, 0) is 41.5 Å². The molecule has 9 heteroatoms. The van der Waals surface area contributed by atoms with Gasteiger partial charge in [0.1, 0.15) is 6.04 Å². The van der Waals surface area contributed by atoms with Crippen molar-refractivity contribution in [3.8, 4) is 0 Å². The SMILES string of the molecule is CN(C)S(=O)(=O)c1cccc(NC(=O)[C@@H]2Cc3ccccc3CN2C(=O)c2ccco2)c1. The lowest BCUT2D eigenvalue weighted by Crippen LogP contribution is -2.50. The Hall–Kier alpha value is -3.43. The van der Waals surface area contributed by atoms with E-state index < -0.39 is 22.0 Å². The number of benzene rings is 2. The highest BCUT2D eigenvalue weighted by molar-refractivity contribution is 7.89. The van der Waals surface area contributed by atoms with Gasteiger partial charge in [0.05, 0.1) is 11.2 Å². The van der Waals surface area contributed by atoms with E-state index in [0.717, 1.165) is 15.4 Å². The highest BCUT2D eigenvalue weighted by Gasteiger charge is 2.36. The molecule has 0 radical (unpaired) electrons. The number of rotatable bonds is 5. The second kappa shape index (κ2) is 8.60. The maximum absolute atomic E-state index is 13.3. The minimum atomic E-state index is -3.65. The molecule has 0 spiro atoms. The van der Waals surface area contributed by atoms with Crippen LogP contribution in [-0.2, 0) is 27.8 Å². The lowest BCUT2D eigenvalue weighted by Gasteiger charge is -2.35. The highest BCUT2D eigenvalue weighted by atomic mass is 32.2. The largest absolute Gasteiger partial charge is 0.459 e. The van der Waals surface area contributed by atoms with Crippen LogP contribution in [-0.4, -0.2) is 49.6 Å². The van der Waals surface area contributed by atoms with Crippen LogP contribution >= 0.6 is 0 Å². The first-order chi connectivity index (χ1) is 15.3. The minimum Gasteiger partial charge on any atom is -0.459 e. The molecule has 0 aliphatic carbocycles. The standard InChI is InChI=1S/C23H23N3O5S/c1-25(2)32(29,30)19-10-5-9-18(14-19)24-22(27)20-13-16-7-3-4-8-17(16)15-26(20)23(28)21-11-6-12-31-21/h3-12,14,20H,13,15H2,1-2H3,(H,24,27)/t20-/m0/s1. The second-order valence-corrected chi connectivity index (χ2v) is 9.86. The molecule has 32 heavy (non-hydrogen) atoms. The van der Waals surface area contributed by atoms with Crippen molar-refractivity contribution in [2.45, 2.75) is 23.9 Å². The minimum absolute atomic E-state index is 0.0674. The van der Waals surface area contributed by atoms with Gasteiger partial charge in [0.15, 0.2) is 5.76 Å². The molecule has 0 saturated carbocycles. The average molecular weight is 454 g/mol. The molecule has 2 aromatic carbocycles. The topological polar surface area (TPSA) is 99.9 Å². The highest BCUT2D eigenvalue weighted by Crippen LogP contribution is 2.26. The molecular formula is C23H23N3O5S. The first-order valence-corrected chi connectivity index (χ1v) is 11.5. The number of nitrogens with one attached hydrogen (secondary N) is 1. The Balaban J connectivity index is 1.63. The van der Waals surface area contributed by atoms with Crippen LogP contribution in [0.5, 0.6) is 0 Å². The van der Waals surface area contributed by atoms with Gasteiger partial charge in [-0.1, -0.05) is 30.3 Å². The zero-order valence-electron chi connectivity index (χ0n) is 17.7. The molecule has 1 aliphatic heterocycles. The van der Waals surface area contributed by atoms with Crippen molar-refractivity contribution in [2.24, 2.45) is 0 Å². The number of carbonyl (C=O) groups excluding carboxylic acids is 2. The zero-order valence-corrected chi connectivity index (χ0v) is 18.5. The number of amides is 2. The normalized spacial score (nSPS) is 16.0. The molecule has 4 rings (SSSR count). The molecule has 8 nitrogen and oxygen atoms in total. The fourth-order valence-electron chi connectivity index (χ4n) is 3.68. The van der Waals surface area contributed by atoms with E-state index in [-0.39, 0.29) is 23.1 Å². The molecule has 1 aromatic heterocycles. The Morgan fingerprint density at radius 1 is 1.03 bits per heavy atom. The fraction of sp³-hybridized carbons (Fsp3) is 0.217. The summed E-state index contributed by atoms with van der Waals surface area (Å²) in [6.45, 7) is 0.267. The summed E-state index contributed by atoms with van der Waals surface area (Å²) in [5, 5.41) is 2.78. The van der Waals surface area contributed by atoms with Crippen LogP contribution in [0.2, 0.25) is 0 Å². The number of carbonyl (C=O) groups is 2. The van der Waals surface area contributed by atoms with Gasteiger partial charge in [0.2, 0.25) is 15.9 Å². The van der Waals surface area contributed by atoms with E-state index in [9.17, 15) is 18.0 Å². The van der Waals surface area contributed by atoms with Crippen LogP contribution in [0.25, 0.3) is 0 Å². The van der Waals surface area contributed by atoms with Crippen LogP contribution in [0.15, 0.2) is 76.2 Å². The third kappa shape index (κ3) is 4.17. The summed E-state index contributed by atoms with van der Waals surface area (Å²) in [6, 6.07) is 16.1. The van der Waals surface area contributed by atoms with Crippen molar-refractivity contribution in [3.63, 3.8) is 0 Å². The van der Waals surface area contributed by atoms with Crippen molar-refractivity contribution in [1.82, 2.24) is 9.21 Å².